The molecule has 0 spiro atoms. The maximum Gasteiger partial charge on any atom is 0.186 e. The van der Waals surface area contributed by atoms with E-state index in [1.165, 1.54) is 0 Å². The van der Waals surface area contributed by atoms with Crippen molar-refractivity contribution >= 4 is 0 Å². The van der Waals surface area contributed by atoms with Crippen LogP contribution in [-0.4, -0.2) is 64.3 Å². The summed E-state index contributed by atoms with van der Waals surface area (Å²) in [6.45, 7) is 4.30. The Kier molecular flexibility index (Phi) is 7.94. The van der Waals surface area contributed by atoms with Crippen LogP contribution in [0.5, 0.6) is 0 Å². The predicted molar refractivity (Wildman–Crippen MR) is 73.0 cm³/mol. The minimum Gasteiger partial charge on any atom is -0.394 e. The summed E-state index contributed by atoms with van der Waals surface area (Å²) in [5.74, 6) is 0.674. The zero-order chi connectivity index (χ0) is 15.1. The van der Waals surface area contributed by atoms with Gasteiger partial charge in [0.05, 0.1) is 6.61 Å². The zero-order valence-corrected chi connectivity index (χ0v) is 12.3. The monoisotopic (exact) mass is 292 g/mol. The van der Waals surface area contributed by atoms with E-state index in [1.807, 2.05) is 0 Å². The van der Waals surface area contributed by atoms with Gasteiger partial charge in [-0.3, -0.25) is 0 Å². The molecule has 5 atom stereocenters. The van der Waals surface area contributed by atoms with Gasteiger partial charge in [0.15, 0.2) is 6.29 Å². The molecule has 1 aliphatic rings. The largest absolute Gasteiger partial charge is 0.394 e. The molecule has 0 bridgehead atoms. The van der Waals surface area contributed by atoms with Crippen molar-refractivity contribution in [2.45, 2.75) is 70.2 Å². The van der Waals surface area contributed by atoms with Gasteiger partial charge >= 0.3 is 0 Å². The van der Waals surface area contributed by atoms with E-state index >= 15 is 0 Å². The Hall–Kier alpha value is -0.240. The van der Waals surface area contributed by atoms with Gasteiger partial charge in [0.1, 0.15) is 24.4 Å². The highest BCUT2D eigenvalue weighted by atomic mass is 16.7. The smallest absolute Gasteiger partial charge is 0.186 e. The van der Waals surface area contributed by atoms with E-state index in [0.29, 0.717) is 12.5 Å². The van der Waals surface area contributed by atoms with Crippen LogP contribution in [0.3, 0.4) is 0 Å². The Labute approximate surface area is 120 Å². The number of hydrogen-bond acceptors (Lipinski definition) is 6. The topological polar surface area (TPSA) is 99.4 Å². The van der Waals surface area contributed by atoms with Crippen molar-refractivity contribution in [1.29, 1.82) is 0 Å². The molecule has 0 aromatic rings. The summed E-state index contributed by atoms with van der Waals surface area (Å²) in [4.78, 5) is 0. The van der Waals surface area contributed by atoms with Gasteiger partial charge in [-0.05, 0) is 18.8 Å². The van der Waals surface area contributed by atoms with Gasteiger partial charge in [-0.1, -0.05) is 26.7 Å². The second-order valence-corrected chi connectivity index (χ2v) is 5.39. The van der Waals surface area contributed by atoms with E-state index in [4.69, 9.17) is 14.6 Å². The standard InChI is InChI=1S/C14H28O6/c1-3-9(4-2)6-5-7-19-14-13(18)12(17)11(16)10(8-15)20-14/h9-18H,3-8H2,1-2H3/t10-,11-,12+,13-,14?/m1/s1. The molecule has 0 aromatic heterocycles. The Morgan fingerprint density at radius 3 is 2.25 bits per heavy atom. The van der Waals surface area contributed by atoms with E-state index in [1.54, 1.807) is 0 Å². The average molecular weight is 292 g/mol. The van der Waals surface area contributed by atoms with Crippen LogP contribution in [0, 0.1) is 5.92 Å². The molecule has 0 saturated carbocycles. The SMILES string of the molecule is CCC(CC)CCCOC1O[C@H](CO)[C@@H](O)[C@H](O)[C@H]1O. The third-order valence-electron chi connectivity index (χ3n) is 4.04. The molecule has 0 aromatic carbocycles. The van der Waals surface area contributed by atoms with Crippen molar-refractivity contribution in [1.82, 2.24) is 0 Å². The van der Waals surface area contributed by atoms with Gasteiger partial charge < -0.3 is 29.9 Å². The quantitative estimate of drug-likeness (QED) is 0.471. The van der Waals surface area contributed by atoms with E-state index in [-0.39, 0.29) is 0 Å². The molecular weight excluding hydrogens is 264 g/mol. The molecule has 1 rings (SSSR count). The van der Waals surface area contributed by atoms with Crippen molar-refractivity contribution in [2.24, 2.45) is 5.92 Å². The number of ether oxygens (including phenoxy) is 2. The van der Waals surface area contributed by atoms with Crippen molar-refractivity contribution in [3.8, 4) is 0 Å². The lowest BCUT2D eigenvalue weighted by atomic mass is 9.98. The molecular formula is C14H28O6. The fourth-order valence-corrected chi connectivity index (χ4v) is 2.47. The van der Waals surface area contributed by atoms with Gasteiger partial charge in [0.25, 0.3) is 0 Å². The lowest BCUT2D eigenvalue weighted by Gasteiger charge is -2.39. The molecule has 4 N–H and O–H groups in total. The van der Waals surface area contributed by atoms with Crippen LogP contribution in [0.4, 0.5) is 0 Å². The number of rotatable bonds is 8. The maximum atomic E-state index is 9.78. The van der Waals surface area contributed by atoms with Crippen molar-refractivity contribution in [3.05, 3.63) is 0 Å². The van der Waals surface area contributed by atoms with Crippen LogP contribution in [0.25, 0.3) is 0 Å². The summed E-state index contributed by atoms with van der Waals surface area (Å²) in [6, 6.07) is 0. The molecule has 0 amide bonds. The molecule has 1 saturated heterocycles. The lowest BCUT2D eigenvalue weighted by Crippen LogP contribution is -2.59. The molecule has 0 aliphatic carbocycles. The first-order valence-corrected chi connectivity index (χ1v) is 7.47. The summed E-state index contributed by atoms with van der Waals surface area (Å²) < 4.78 is 10.7. The van der Waals surface area contributed by atoms with Crippen LogP contribution >= 0.6 is 0 Å². The Morgan fingerprint density at radius 2 is 1.70 bits per heavy atom. The van der Waals surface area contributed by atoms with Crippen LogP contribution < -0.4 is 0 Å². The highest BCUT2D eigenvalue weighted by molar-refractivity contribution is 4.88. The molecule has 0 radical (unpaired) electrons. The normalized spacial score (nSPS) is 34.6. The van der Waals surface area contributed by atoms with E-state index in [0.717, 1.165) is 25.7 Å². The van der Waals surface area contributed by atoms with Crippen molar-refractivity contribution in [2.75, 3.05) is 13.2 Å². The lowest BCUT2D eigenvalue weighted by molar-refractivity contribution is -0.301. The highest BCUT2D eigenvalue weighted by Crippen LogP contribution is 2.22. The van der Waals surface area contributed by atoms with Crippen LogP contribution in [0.2, 0.25) is 0 Å². The summed E-state index contributed by atoms with van der Waals surface area (Å²) in [5.41, 5.74) is 0. The predicted octanol–water partition coefficient (Wildman–Crippen LogP) is 0.0193. The van der Waals surface area contributed by atoms with E-state index in [2.05, 4.69) is 13.8 Å². The van der Waals surface area contributed by atoms with E-state index in [9.17, 15) is 15.3 Å². The number of aliphatic hydroxyl groups is 4. The first-order valence-electron chi connectivity index (χ1n) is 7.47. The van der Waals surface area contributed by atoms with Crippen LogP contribution in [0.1, 0.15) is 39.5 Å². The minimum absolute atomic E-state index is 0.416. The zero-order valence-electron chi connectivity index (χ0n) is 12.3. The van der Waals surface area contributed by atoms with Crippen molar-refractivity contribution < 1.29 is 29.9 Å². The summed E-state index contributed by atoms with van der Waals surface area (Å²) in [7, 11) is 0. The number of hydrogen-bond donors (Lipinski definition) is 4. The van der Waals surface area contributed by atoms with Gasteiger partial charge in [-0.15, -0.1) is 0 Å². The molecule has 1 fully saturated rings. The molecule has 6 nitrogen and oxygen atoms in total. The molecule has 1 heterocycles. The third kappa shape index (κ3) is 4.65. The second-order valence-electron chi connectivity index (χ2n) is 5.39. The van der Waals surface area contributed by atoms with Gasteiger partial charge in [0, 0.05) is 6.61 Å². The van der Waals surface area contributed by atoms with Gasteiger partial charge in [-0.2, -0.15) is 0 Å². The second kappa shape index (κ2) is 8.92. The molecule has 6 heteroatoms. The molecule has 1 unspecified atom stereocenters. The van der Waals surface area contributed by atoms with Crippen LogP contribution in [-0.2, 0) is 9.47 Å². The van der Waals surface area contributed by atoms with Crippen molar-refractivity contribution in [3.63, 3.8) is 0 Å². The van der Waals surface area contributed by atoms with Crippen LogP contribution in [0.15, 0.2) is 0 Å². The van der Waals surface area contributed by atoms with Gasteiger partial charge in [0.2, 0.25) is 0 Å². The Bertz CT molecular complexity index is 256. The van der Waals surface area contributed by atoms with Gasteiger partial charge in [-0.25, -0.2) is 0 Å². The summed E-state index contributed by atoms with van der Waals surface area (Å²) in [6.07, 6.45) is -1.76. The fraction of sp³-hybridized carbons (Fsp3) is 1.00. The first kappa shape index (κ1) is 17.8. The Morgan fingerprint density at radius 1 is 1.05 bits per heavy atom. The average Bonchev–Trinajstić information content (AvgIpc) is 2.47. The third-order valence-corrected chi connectivity index (χ3v) is 4.04. The summed E-state index contributed by atoms with van der Waals surface area (Å²) >= 11 is 0. The first-order chi connectivity index (χ1) is 9.54. The summed E-state index contributed by atoms with van der Waals surface area (Å²) in [5, 5.41) is 38.1. The molecule has 20 heavy (non-hydrogen) atoms. The minimum atomic E-state index is -1.37. The maximum absolute atomic E-state index is 9.78. The molecule has 120 valence electrons. The van der Waals surface area contributed by atoms with E-state index < -0.39 is 37.3 Å². The molecule has 1 aliphatic heterocycles. The fourth-order valence-electron chi connectivity index (χ4n) is 2.47. The number of aliphatic hydroxyl groups excluding tert-OH is 4. The Balaban J connectivity index is 2.35. The highest BCUT2D eigenvalue weighted by Gasteiger charge is 2.43.